The minimum absolute atomic E-state index is 0.110. The Bertz CT molecular complexity index is 768. The van der Waals surface area contributed by atoms with Gasteiger partial charge in [0.25, 0.3) is 0 Å². The van der Waals surface area contributed by atoms with Crippen LogP contribution in [0.5, 0.6) is 0 Å². The van der Waals surface area contributed by atoms with Crippen LogP contribution in [0.2, 0.25) is 5.02 Å². The summed E-state index contributed by atoms with van der Waals surface area (Å²) >= 11 is 6.14. The highest BCUT2D eigenvalue weighted by atomic mass is 35.5. The van der Waals surface area contributed by atoms with Gasteiger partial charge in [0.1, 0.15) is 11.9 Å². The SMILES string of the molecule is COC(=O)C1=C(C)Nc2nnnn2[C@H]1c1c(F)cccc1Cl. The Hall–Kier alpha value is -2.48. The van der Waals surface area contributed by atoms with Crippen LogP contribution in [0.15, 0.2) is 29.5 Å². The van der Waals surface area contributed by atoms with Crippen LogP contribution in [-0.4, -0.2) is 33.3 Å². The summed E-state index contributed by atoms with van der Waals surface area (Å²) in [5.41, 5.74) is 0.770. The Kier molecular flexibility index (Phi) is 3.53. The first-order chi connectivity index (χ1) is 10.5. The van der Waals surface area contributed by atoms with E-state index in [4.69, 9.17) is 16.3 Å². The molecule has 2 heterocycles. The zero-order valence-corrected chi connectivity index (χ0v) is 12.4. The van der Waals surface area contributed by atoms with Crippen molar-refractivity contribution in [3.8, 4) is 0 Å². The lowest BCUT2D eigenvalue weighted by atomic mass is 9.95. The molecule has 1 aliphatic rings. The van der Waals surface area contributed by atoms with Crippen molar-refractivity contribution in [1.29, 1.82) is 0 Å². The maximum Gasteiger partial charge on any atom is 0.338 e. The Balaban J connectivity index is 2.28. The number of tetrazole rings is 1. The molecular formula is C13H11ClFN5O2. The number of carbonyl (C=O) groups excluding carboxylic acids is 1. The van der Waals surface area contributed by atoms with E-state index >= 15 is 0 Å². The predicted molar refractivity (Wildman–Crippen MR) is 75.7 cm³/mol. The molecule has 0 amide bonds. The van der Waals surface area contributed by atoms with Gasteiger partial charge >= 0.3 is 5.97 Å². The lowest BCUT2D eigenvalue weighted by Crippen LogP contribution is -2.30. The van der Waals surface area contributed by atoms with Gasteiger partial charge < -0.3 is 10.1 Å². The monoisotopic (exact) mass is 323 g/mol. The summed E-state index contributed by atoms with van der Waals surface area (Å²) in [5.74, 6) is -0.889. The minimum Gasteiger partial charge on any atom is -0.466 e. The molecule has 0 saturated heterocycles. The number of nitrogens with one attached hydrogen (secondary N) is 1. The van der Waals surface area contributed by atoms with E-state index < -0.39 is 17.8 Å². The van der Waals surface area contributed by atoms with Crippen LogP contribution in [0.4, 0.5) is 10.3 Å². The molecule has 0 saturated carbocycles. The number of hydrogen-bond acceptors (Lipinski definition) is 6. The number of rotatable bonds is 2. The molecule has 1 atom stereocenters. The van der Waals surface area contributed by atoms with E-state index in [2.05, 4.69) is 20.8 Å². The topological polar surface area (TPSA) is 81.9 Å². The number of benzene rings is 1. The van der Waals surface area contributed by atoms with Crippen LogP contribution in [0.3, 0.4) is 0 Å². The molecule has 22 heavy (non-hydrogen) atoms. The molecule has 9 heteroatoms. The van der Waals surface area contributed by atoms with Crippen LogP contribution in [0.1, 0.15) is 18.5 Å². The average Bonchev–Trinajstić information content (AvgIpc) is 2.94. The first-order valence-corrected chi connectivity index (χ1v) is 6.70. The smallest absolute Gasteiger partial charge is 0.338 e. The van der Waals surface area contributed by atoms with Crippen molar-refractivity contribution in [1.82, 2.24) is 20.2 Å². The summed E-state index contributed by atoms with van der Waals surface area (Å²) < 4.78 is 20.4. The molecule has 114 valence electrons. The molecule has 1 aromatic carbocycles. The molecule has 0 bridgehead atoms. The van der Waals surface area contributed by atoms with Crippen LogP contribution < -0.4 is 5.32 Å². The van der Waals surface area contributed by atoms with Crippen molar-refractivity contribution in [2.75, 3.05) is 12.4 Å². The van der Waals surface area contributed by atoms with Crippen LogP contribution >= 0.6 is 11.6 Å². The van der Waals surface area contributed by atoms with Crippen molar-refractivity contribution in [2.45, 2.75) is 13.0 Å². The first-order valence-electron chi connectivity index (χ1n) is 6.32. The Labute approximate surface area is 129 Å². The van der Waals surface area contributed by atoms with Crippen LogP contribution in [0, 0.1) is 5.82 Å². The Morgan fingerprint density at radius 3 is 2.95 bits per heavy atom. The van der Waals surface area contributed by atoms with Gasteiger partial charge in [-0.1, -0.05) is 22.8 Å². The van der Waals surface area contributed by atoms with E-state index in [1.165, 1.54) is 30.0 Å². The summed E-state index contributed by atoms with van der Waals surface area (Å²) in [6.45, 7) is 1.66. The van der Waals surface area contributed by atoms with Gasteiger partial charge in [-0.05, 0) is 29.5 Å². The van der Waals surface area contributed by atoms with Gasteiger partial charge in [-0.3, -0.25) is 0 Å². The molecule has 0 unspecified atom stereocenters. The molecular weight excluding hydrogens is 313 g/mol. The van der Waals surface area contributed by atoms with E-state index in [1.807, 2.05) is 0 Å². The first kappa shape index (κ1) is 14.5. The number of anilines is 1. The standard InChI is InChI=1S/C13H11ClFN5O2/c1-6-9(12(21)22-2)11(20-13(16-6)17-18-19-20)10-7(14)4-3-5-8(10)15/h3-5,11H,1-2H3,(H,16,17,19)/t11-/m1/s1. The third-order valence-electron chi connectivity index (χ3n) is 3.39. The molecule has 0 spiro atoms. The molecule has 3 rings (SSSR count). The number of methoxy groups -OCH3 is 1. The molecule has 0 aliphatic carbocycles. The summed E-state index contributed by atoms with van der Waals surface area (Å²) in [6, 6.07) is 3.37. The average molecular weight is 324 g/mol. The minimum atomic E-state index is -0.910. The van der Waals surface area contributed by atoms with Crippen molar-refractivity contribution in [3.63, 3.8) is 0 Å². The highest BCUT2D eigenvalue weighted by molar-refractivity contribution is 6.31. The van der Waals surface area contributed by atoms with Crippen LogP contribution in [0.25, 0.3) is 0 Å². The highest BCUT2D eigenvalue weighted by Crippen LogP contribution is 2.38. The number of carbonyl (C=O) groups is 1. The largest absolute Gasteiger partial charge is 0.466 e. The van der Waals surface area contributed by atoms with Gasteiger partial charge in [0, 0.05) is 16.3 Å². The molecule has 1 N–H and O–H groups in total. The molecule has 0 fully saturated rings. The van der Waals surface area contributed by atoms with E-state index in [1.54, 1.807) is 6.92 Å². The van der Waals surface area contributed by atoms with Gasteiger partial charge in [-0.15, -0.1) is 0 Å². The normalized spacial score (nSPS) is 17.0. The van der Waals surface area contributed by atoms with Crippen molar-refractivity contribution >= 4 is 23.5 Å². The second-order valence-corrected chi connectivity index (χ2v) is 5.05. The number of hydrogen-bond donors (Lipinski definition) is 1. The van der Waals surface area contributed by atoms with Crippen molar-refractivity contribution in [2.24, 2.45) is 0 Å². The maximum atomic E-state index is 14.3. The maximum absolute atomic E-state index is 14.3. The zero-order valence-electron chi connectivity index (χ0n) is 11.7. The lowest BCUT2D eigenvalue weighted by molar-refractivity contribution is -0.136. The fourth-order valence-electron chi connectivity index (χ4n) is 2.43. The fraction of sp³-hybridized carbons (Fsp3) is 0.231. The lowest BCUT2D eigenvalue weighted by Gasteiger charge is -2.27. The number of aromatic nitrogens is 4. The molecule has 1 aromatic heterocycles. The summed E-state index contributed by atoms with van der Waals surface area (Å²) in [4.78, 5) is 12.1. The van der Waals surface area contributed by atoms with Gasteiger partial charge in [0.05, 0.1) is 12.7 Å². The molecule has 7 nitrogen and oxygen atoms in total. The van der Waals surface area contributed by atoms with E-state index in [0.29, 0.717) is 5.70 Å². The third-order valence-corrected chi connectivity index (χ3v) is 3.72. The number of fused-ring (bicyclic) bond motifs is 1. The fourth-order valence-corrected chi connectivity index (χ4v) is 2.69. The summed E-state index contributed by atoms with van der Waals surface area (Å²) in [5, 5.41) is 14.2. The van der Waals surface area contributed by atoms with Gasteiger partial charge in [0.15, 0.2) is 0 Å². The highest BCUT2D eigenvalue weighted by Gasteiger charge is 2.37. The summed E-state index contributed by atoms with van der Waals surface area (Å²) in [7, 11) is 1.25. The van der Waals surface area contributed by atoms with E-state index in [9.17, 15) is 9.18 Å². The Morgan fingerprint density at radius 2 is 2.27 bits per heavy atom. The number of ether oxygens (including phenoxy) is 1. The quantitative estimate of drug-likeness (QED) is 0.850. The molecule has 2 aromatic rings. The van der Waals surface area contributed by atoms with E-state index in [-0.39, 0.29) is 22.1 Å². The van der Waals surface area contributed by atoms with Gasteiger partial charge in [0.2, 0.25) is 5.95 Å². The second kappa shape index (κ2) is 5.38. The van der Waals surface area contributed by atoms with Crippen LogP contribution in [-0.2, 0) is 9.53 Å². The van der Waals surface area contributed by atoms with Crippen molar-refractivity contribution < 1.29 is 13.9 Å². The third kappa shape index (κ3) is 2.12. The van der Waals surface area contributed by atoms with Crippen molar-refractivity contribution in [3.05, 3.63) is 45.9 Å². The number of esters is 1. The number of allylic oxidation sites excluding steroid dienone is 1. The molecule has 0 radical (unpaired) electrons. The second-order valence-electron chi connectivity index (χ2n) is 4.64. The van der Waals surface area contributed by atoms with E-state index in [0.717, 1.165) is 0 Å². The summed E-state index contributed by atoms with van der Waals surface area (Å²) in [6.07, 6.45) is 0. The number of nitrogens with zero attached hydrogens (tertiary/aromatic N) is 4. The molecule has 1 aliphatic heterocycles. The Morgan fingerprint density at radius 1 is 1.50 bits per heavy atom. The number of halogens is 2. The zero-order chi connectivity index (χ0) is 15.9. The predicted octanol–water partition coefficient (Wildman–Crippen LogP) is 1.93. The van der Waals surface area contributed by atoms with Gasteiger partial charge in [-0.25, -0.2) is 9.18 Å². The van der Waals surface area contributed by atoms with Gasteiger partial charge in [-0.2, -0.15) is 4.68 Å².